The second kappa shape index (κ2) is 7.97. The number of rotatable bonds is 6. The van der Waals surface area contributed by atoms with Gasteiger partial charge in [-0.05, 0) is 43.4 Å². The summed E-state index contributed by atoms with van der Waals surface area (Å²) in [5.41, 5.74) is 8.49. The summed E-state index contributed by atoms with van der Waals surface area (Å²) in [5, 5.41) is 16.6. The minimum atomic E-state index is -3.69. The van der Waals surface area contributed by atoms with Crippen LogP contribution in [0.25, 0.3) is 5.65 Å². The second-order valence-electron chi connectivity index (χ2n) is 7.44. The Bertz CT molecular complexity index is 1090. The van der Waals surface area contributed by atoms with Gasteiger partial charge in [0.2, 0.25) is 10.0 Å². The first-order chi connectivity index (χ1) is 13.9. The fraction of sp³-hybridized carbons (Fsp3) is 0.368. The highest BCUT2D eigenvalue weighted by atomic mass is 32.2. The van der Waals surface area contributed by atoms with Crippen molar-refractivity contribution in [3.8, 4) is 0 Å². The van der Waals surface area contributed by atoms with Crippen LogP contribution in [-0.4, -0.2) is 35.1 Å². The molecule has 0 aliphatic heterocycles. The highest BCUT2D eigenvalue weighted by Crippen LogP contribution is 2.24. The summed E-state index contributed by atoms with van der Waals surface area (Å²) in [6, 6.07) is 9.10. The number of nitrogens with zero attached hydrogens (tertiary/aromatic N) is 3. The molecule has 154 valence electrons. The zero-order valence-electron chi connectivity index (χ0n) is 16.0. The maximum Gasteiger partial charge on any atom is 0.238 e. The standard InChI is InChI=1S/C19H25N7O2S/c20-14-3-5-15(6-4-14)24-18-11-17(19-22-9-10-26(19)25-18)23-12-13-1-7-16(8-2-13)29(21,27)28/h1-2,7-11,14-15,23H,3-6,12,20H2,(H,24,25)(H2,21,27,28). The van der Waals surface area contributed by atoms with E-state index in [1.165, 1.54) is 12.1 Å². The summed E-state index contributed by atoms with van der Waals surface area (Å²) < 4.78 is 24.5. The van der Waals surface area contributed by atoms with Crippen LogP contribution in [0.5, 0.6) is 0 Å². The van der Waals surface area contributed by atoms with Gasteiger partial charge in [0.05, 0.1) is 10.6 Å². The van der Waals surface area contributed by atoms with Crippen LogP contribution in [0.3, 0.4) is 0 Å². The van der Waals surface area contributed by atoms with Crippen LogP contribution in [0.15, 0.2) is 47.6 Å². The van der Waals surface area contributed by atoms with E-state index in [2.05, 4.69) is 20.7 Å². The Morgan fingerprint density at radius 2 is 1.86 bits per heavy atom. The molecule has 0 radical (unpaired) electrons. The molecule has 0 amide bonds. The predicted molar refractivity (Wildman–Crippen MR) is 112 cm³/mol. The Morgan fingerprint density at radius 3 is 2.55 bits per heavy atom. The van der Waals surface area contributed by atoms with Crippen LogP contribution in [0.2, 0.25) is 0 Å². The van der Waals surface area contributed by atoms with Gasteiger partial charge in [-0.1, -0.05) is 12.1 Å². The summed E-state index contributed by atoms with van der Waals surface area (Å²) >= 11 is 0. The number of nitrogens with one attached hydrogen (secondary N) is 2. The zero-order chi connectivity index (χ0) is 20.4. The predicted octanol–water partition coefficient (Wildman–Crippen LogP) is 1.67. The Morgan fingerprint density at radius 1 is 1.14 bits per heavy atom. The molecule has 3 aromatic rings. The van der Waals surface area contributed by atoms with E-state index in [1.54, 1.807) is 22.8 Å². The lowest BCUT2D eigenvalue weighted by Crippen LogP contribution is -2.33. The maximum atomic E-state index is 11.4. The smallest absolute Gasteiger partial charge is 0.238 e. The van der Waals surface area contributed by atoms with Gasteiger partial charge in [-0.15, -0.1) is 5.10 Å². The first-order valence-electron chi connectivity index (χ1n) is 9.60. The van der Waals surface area contributed by atoms with Crippen molar-refractivity contribution in [3.05, 3.63) is 48.3 Å². The number of aromatic nitrogens is 3. The lowest BCUT2D eigenvalue weighted by atomic mass is 9.92. The van der Waals surface area contributed by atoms with Crippen molar-refractivity contribution in [2.24, 2.45) is 10.9 Å². The molecule has 10 heteroatoms. The van der Waals surface area contributed by atoms with Gasteiger partial charge < -0.3 is 16.4 Å². The molecular formula is C19H25N7O2S. The number of benzene rings is 1. The van der Waals surface area contributed by atoms with E-state index in [9.17, 15) is 8.42 Å². The summed E-state index contributed by atoms with van der Waals surface area (Å²) in [5.74, 6) is 0.781. The average molecular weight is 416 g/mol. The Balaban J connectivity index is 1.50. The molecule has 1 aliphatic rings. The van der Waals surface area contributed by atoms with Crippen molar-refractivity contribution in [1.82, 2.24) is 14.6 Å². The monoisotopic (exact) mass is 415 g/mol. The number of imidazole rings is 1. The number of primary sulfonamides is 1. The molecule has 2 aromatic heterocycles. The van der Waals surface area contributed by atoms with Crippen molar-refractivity contribution in [3.63, 3.8) is 0 Å². The van der Waals surface area contributed by atoms with Crippen molar-refractivity contribution >= 4 is 27.2 Å². The molecular weight excluding hydrogens is 390 g/mol. The maximum absolute atomic E-state index is 11.4. The Kier molecular flexibility index (Phi) is 5.39. The van der Waals surface area contributed by atoms with Gasteiger partial charge in [0.25, 0.3) is 0 Å². The first kappa shape index (κ1) is 19.6. The van der Waals surface area contributed by atoms with Gasteiger partial charge >= 0.3 is 0 Å². The van der Waals surface area contributed by atoms with Gasteiger partial charge in [0, 0.05) is 37.1 Å². The van der Waals surface area contributed by atoms with Gasteiger partial charge in [0.15, 0.2) is 5.65 Å². The lowest BCUT2D eigenvalue weighted by molar-refractivity contribution is 0.410. The van der Waals surface area contributed by atoms with E-state index >= 15 is 0 Å². The van der Waals surface area contributed by atoms with E-state index in [4.69, 9.17) is 10.9 Å². The van der Waals surface area contributed by atoms with Gasteiger partial charge in [0.1, 0.15) is 5.82 Å². The minimum Gasteiger partial charge on any atom is -0.378 e. The largest absolute Gasteiger partial charge is 0.378 e. The highest BCUT2D eigenvalue weighted by molar-refractivity contribution is 7.89. The Hall–Kier alpha value is -2.69. The van der Waals surface area contributed by atoms with Gasteiger partial charge in [-0.2, -0.15) is 0 Å². The molecule has 1 aliphatic carbocycles. The third-order valence-corrected chi connectivity index (χ3v) is 6.15. The van der Waals surface area contributed by atoms with Crippen molar-refractivity contribution in [1.29, 1.82) is 0 Å². The van der Waals surface area contributed by atoms with Crippen LogP contribution in [0.1, 0.15) is 31.2 Å². The summed E-state index contributed by atoms with van der Waals surface area (Å²) in [6.07, 6.45) is 7.62. The number of nitrogens with two attached hydrogens (primary N) is 2. The number of sulfonamides is 1. The third kappa shape index (κ3) is 4.66. The molecule has 1 fully saturated rings. The molecule has 1 saturated carbocycles. The number of hydrogen-bond donors (Lipinski definition) is 4. The van der Waals surface area contributed by atoms with Crippen LogP contribution in [-0.2, 0) is 16.6 Å². The van der Waals surface area contributed by atoms with Gasteiger partial charge in [-0.25, -0.2) is 23.1 Å². The van der Waals surface area contributed by atoms with E-state index in [-0.39, 0.29) is 4.90 Å². The number of hydrogen-bond acceptors (Lipinski definition) is 7. The fourth-order valence-electron chi connectivity index (χ4n) is 3.58. The van der Waals surface area contributed by atoms with Crippen molar-refractivity contribution in [2.75, 3.05) is 10.6 Å². The molecule has 6 N–H and O–H groups in total. The molecule has 9 nitrogen and oxygen atoms in total. The van der Waals surface area contributed by atoms with E-state index in [0.29, 0.717) is 18.6 Å². The molecule has 0 spiro atoms. The third-order valence-electron chi connectivity index (χ3n) is 5.22. The number of fused-ring (bicyclic) bond motifs is 1. The normalized spacial score (nSPS) is 19.9. The zero-order valence-corrected chi connectivity index (χ0v) is 16.8. The second-order valence-corrected chi connectivity index (χ2v) is 9.00. The summed E-state index contributed by atoms with van der Waals surface area (Å²) in [7, 11) is -3.69. The first-order valence-corrected chi connectivity index (χ1v) is 11.2. The molecule has 0 saturated heterocycles. The molecule has 1 aromatic carbocycles. The molecule has 0 unspecified atom stereocenters. The highest BCUT2D eigenvalue weighted by Gasteiger charge is 2.19. The van der Waals surface area contributed by atoms with E-state index in [1.807, 2.05) is 12.3 Å². The average Bonchev–Trinajstić information content (AvgIpc) is 3.16. The number of anilines is 2. The minimum absolute atomic E-state index is 0.0968. The van der Waals surface area contributed by atoms with Crippen molar-refractivity contribution in [2.45, 2.75) is 49.2 Å². The molecule has 2 heterocycles. The van der Waals surface area contributed by atoms with Crippen LogP contribution < -0.4 is 21.5 Å². The summed E-state index contributed by atoms with van der Waals surface area (Å²) in [6.45, 7) is 0.509. The van der Waals surface area contributed by atoms with Gasteiger partial charge in [-0.3, -0.25) is 0 Å². The molecule has 4 rings (SSSR count). The molecule has 0 bridgehead atoms. The fourth-order valence-corrected chi connectivity index (χ4v) is 4.10. The molecule has 0 atom stereocenters. The molecule has 29 heavy (non-hydrogen) atoms. The Labute approximate surface area is 169 Å². The van der Waals surface area contributed by atoms with Crippen molar-refractivity contribution < 1.29 is 8.42 Å². The van der Waals surface area contributed by atoms with Crippen LogP contribution >= 0.6 is 0 Å². The van der Waals surface area contributed by atoms with Crippen LogP contribution in [0.4, 0.5) is 11.5 Å². The summed E-state index contributed by atoms with van der Waals surface area (Å²) in [4.78, 5) is 4.47. The van der Waals surface area contributed by atoms with E-state index in [0.717, 1.165) is 48.4 Å². The quantitative estimate of drug-likeness (QED) is 0.480. The SMILES string of the molecule is NC1CCC(Nc2cc(NCc3ccc(S(N)(=O)=O)cc3)c3nccn3n2)CC1. The lowest BCUT2D eigenvalue weighted by Gasteiger charge is -2.27. The van der Waals surface area contributed by atoms with Crippen LogP contribution in [0, 0.1) is 0 Å². The van der Waals surface area contributed by atoms with E-state index < -0.39 is 10.0 Å². The topological polar surface area (TPSA) is 140 Å².